The van der Waals surface area contributed by atoms with Crippen LogP contribution in [0.5, 0.6) is 0 Å². The molecular formula is C15H19N3O2. The number of nitrogens with zero attached hydrogens (tertiary/aromatic N) is 2. The zero-order valence-corrected chi connectivity index (χ0v) is 11.8. The number of rotatable bonds is 5. The van der Waals surface area contributed by atoms with E-state index in [4.69, 9.17) is 0 Å². The van der Waals surface area contributed by atoms with Crippen molar-refractivity contribution in [3.63, 3.8) is 0 Å². The van der Waals surface area contributed by atoms with Crippen LogP contribution in [0.3, 0.4) is 0 Å². The van der Waals surface area contributed by atoms with Crippen molar-refractivity contribution >= 4 is 16.7 Å². The van der Waals surface area contributed by atoms with E-state index >= 15 is 0 Å². The van der Waals surface area contributed by atoms with Gasteiger partial charge in [0.2, 0.25) is 0 Å². The van der Waals surface area contributed by atoms with Crippen LogP contribution in [0.1, 0.15) is 37.2 Å². The zero-order chi connectivity index (χ0) is 14.6. The smallest absolute Gasteiger partial charge is 0.271 e. The van der Waals surface area contributed by atoms with Crippen LogP contribution in [-0.2, 0) is 0 Å². The van der Waals surface area contributed by atoms with Crippen molar-refractivity contribution in [1.82, 2.24) is 15.3 Å². The molecule has 5 heteroatoms. The van der Waals surface area contributed by atoms with Crippen molar-refractivity contribution in [3.8, 4) is 0 Å². The first-order valence-corrected chi connectivity index (χ1v) is 6.72. The summed E-state index contributed by atoms with van der Waals surface area (Å²) in [7, 11) is 0. The standard InChI is InChI=1S/C15H19N3O2/c1-3-6-15(2,10-19)18-14(20)13-12-9-16-7-4-11(12)5-8-17-13/h4-5,7-9,19H,3,6,10H2,1-2H3,(H,18,20). The zero-order valence-electron chi connectivity index (χ0n) is 11.8. The van der Waals surface area contributed by atoms with E-state index in [1.165, 1.54) is 0 Å². The molecule has 2 rings (SSSR count). The molecule has 0 aliphatic rings. The largest absolute Gasteiger partial charge is 0.394 e. The summed E-state index contributed by atoms with van der Waals surface area (Å²) in [6.45, 7) is 3.74. The number of carbonyl (C=O) groups excluding carboxylic acids is 1. The number of hydrogen-bond donors (Lipinski definition) is 2. The van der Waals surface area contributed by atoms with Crippen molar-refractivity contribution in [2.75, 3.05) is 6.61 Å². The highest BCUT2D eigenvalue weighted by Crippen LogP contribution is 2.17. The minimum Gasteiger partial charge on any atom is -0.394 e. The molecule has 2 heterocycles. The third kappa shape index (κ3) is 2.93. The van der Waals surface area contributed by atoms with Gasteiger partial charge in [-0.05, 0) is 30.9 Å². The lowest BCUT2D eigenvalue weighted by Crippen LogP contribution is -2.49. The number of fused-ring (bicyclic) bond motifs is 1. The van der Waals surface area contributed by atoms with E-state index in [1.807, 2.05) is 26.0 Å². The monoisotopic (exact) mass is 273 g/mol. The summed E-state index contributed by atoms with van der Waals surface area (Å²) in [5.41, 5.74) is -0.288. The van der Waals surface area contributed by atoms with E-state index in [9.17, 15) is 9.90 Å². The molecule has 106 valence electrons. The predicted molar refractivity (Wildman–Crippen MR) is 77.4 cm³/mol. The number of amides is 1. The SMILES string of the molecule is CCCC(C)(CO)NC(=O)c1nccc2ccncc12. The number of pyridine rings is 2. The summed E-state index contributed by atoms with van der Waals surface area (Å²) in [6.07, 6.45) is 6.50. The molecule has 0 bridgehead atoms. The average molecular weight is 273 g/mol. The molecule has 0 saturated carbocycles. The lowest BCUT2D eigenvalue weighted by Gasteiger charge is -2.28. The molecule has 2 aromatic rings. The molecular weight excluding hydrogens is 254 g/mol. The normalized spacial score (nSPS) is 13.9. The number of carbonyl (C=O) groups is 1. The van der Waals surface area contributed by atoms with E-state index < -0.39 is 5.54 Å². The van der Waals surface area contributed by atoms with Gasteiger partial charge in [0, 0.05) is 24.0 Å². The molecule has 0 aliphatic carbocycles. The van der Waals surface area contributed by atoms with Crippen molar-refractivity contribution in [1.29, 1.82) is 0 Å². The first-order chi connectivity index (χ1) is 9.59. The van der Waals surface area contributed by atoms with Gasteiger partial charge >= 0.3 is 0 Å². The Hall–Kier alpha value is -2.01. The molecule has 20 heavy (non-hydrogen) atoms. The van der Waals surface area contributed by atoms with E-state index in [2.05, 4.69) is 15.3 Å². The van der Waals surface area contributed by atoms with E-state index in [0.29, 0.717) is 17.5 Å². The van der Waals surface area contributed by atoms with Crippen LogP contribution in [0.4, 0.5) is 0 Å². The number of nitrogens with one attached hydrogen (secondary N) is 1. The summed E-state index contributed by atoms with van der Waals surface area (Å²) in [6, 6.07) is 3.68. The first kappa shape index (κ1) is 14.4. The topological polar surface area (TPSA) is 75.1 Å². The van der Waals surface area contributed by atoms with E-state index in [-0.39, 0.29) is 12.5 Å². The molecule has 0 aromatic carbocycles. The Balaban J connectivity index is 2.32. The maximum Gasteiger partial charge on any atom is 0.271 e. The Kier molecular flexibility index (Phi) is 4.29. The van der Waals surface area contributed by atoms with E-state index in [1.54, 1.807) is 18.6 Å². The second-order valence-corrected chi connectivity index (χ2v) is 5.18. The molecule has 2 aromatic heterocycles. The summed E-state index contributed by atoms with van der Waals surface area (Å²) in [5.74, 6) is -0.284. The molecule has 0 spiro atoms. The molecule has 0 aliphatic heterocycles. The molecule has 1 unspecified atom stereocenters. The number of aliphatic hydroxyl groups is 1. The Morgan fingerprint density at radius 3 is 2.85 bits per heavy atom. The van der Waals surface area contributed by atoms with Crippen LogP contribution < -0.4 is 5.32 Å². The fourth-order valence-corrected chi connectivity index (χ4v) is 2.26. The Morgan fingerprint density at radius 1 is 1.40 bits per heavy atom. The van der Waals surface area contributed by atoms with Crippen molar-refractivity contribution in [2.24, 2.45) is 0 Å². The summed E-state index contributed by atoms with van der Waals surface area (Å²) >= 11 is 0. The fourth-order valence-electron chi connectivity index (χ4n) is 2.26. The van der Waals surface area contributed by atoms with Crippen molar-refractivity contribution in [2.45, 2.75) is 32.2 Å². The maximum absolute atomic E-state index is 12.4. The second kappa shape index (κ2) is 5.96. The highest BCUT2D eigenvalue weighted by molar-refractivity contribution is 6.05. The second-order valence-electron chi connectivity index (χ2n) is 5.18. The van der Waals surface area contributed by atoms with Crippen LogP contribution >= 0.6 is 0 Å². The summed E-state index contributed by atoms with van der Waals surface area (Å²) in [5, 5.41) is 14.0. The Bertz CT molecular complexity index is 610. The van der Waals surface area contributed by atoms with Crippen molar-refractivity contribution < 1.29 is 9.90 Å². The highest BCUT2D eigenvalue weighted by atomic mass is 16.3. The lowest BCUT2D eigenvalue weighted by molar-refractivity contribution is 0.0837. The predicted octanol–water partition coefficient (Wildman–Crippen LogP) is 1.91. The van der Waals surface area contributed by atoms with Gasteiger partial charge in [-0.25, -0.2) is 0 Å². The van der Waals surface area contributed by atoms with Crippen molar-refractivity contribution in [3.05, 3.63) is 36.4 Å². The van der Waals surface area contributed by atoms with Crippen LogP contribution in [-0.4, -0.2) is 33.1 Å². The third-order valence-corrected chi connectivity index (χ3v) is 3.35. The molecule has 0 saturated heterocycles. The van der Waals surface area contributed by atoms with Gasteiger partial charge in [-0.15, -0.1) is 0 Å². The molecule has 5 nitrogen and oxygen atoms in total. The number of hydrogen-bond acceptors (Lipinski definition) is 4. The van der Waals surface area contributed by atoms with Crippen LogP contribution in [0.2, 0.25) is 0 Å². The van der Waals surface area contributed by atoms with Gasteiger partial charge in [0.05, 0.1) is 12.1 Å². The fraction of sp³-hybridized carbons (Fsp3) is 0.400. The van der Waals surface area contributed by atoms with Gasteiger partial charge in [-0.2, -0.15) is 0 Å². The molecule has 2 N–H and O–H groups in total. The molecule has 1 amide bonds. The minimum atomic E-state index is -0.627. The first-order valence-electron chi connectivity index (χ1n) is 6.72. The van der Waals surface area contributed by atoms with Crippen LogP contribution in [0.15, 0.2) is 30.7 Å². The molecule has 0 radical (unpaired) electrons. The number of aromatic nitrogens is 2. The van der Waals surface area contributed by atoms with Gasteiger partial charge < -0.3 is 10.4 Å². The van der Waals surface area contributed by atoms with Crippen LogP contribution in [0.25, 0.3) is 10.8 Å². The van der Waals surface area contributed by atoms with Gasteiger partial charge in [0.1, 0.15) is 5.69 Å². The van der Waals surface area contributed by atoms with Gasteiger partial charge in [-0.1, -0.05) is 13.3 Å². The number of aliphatic hydroxyl groups excluding tert-OH is 1. The average Bonchev–Trinajstić information content (AvgIpc) is 2.46. The third-order valence-electron chi connectivity index (χ3n) is 3.35. The lowest BCUT2D eigenvalue weighted by atomic mass is 9.97. The van der Waals surface area contributed by atoms with E-state index in [0.717, 1.165) is 11.8 Å². The minimum absolute atomic E-state index is 0.102. The maximum atomic E-state index is 12.4. The van der Waals surface area contributed by atoms with Crippen LogP contribution in [0, 0.1) is 0 Å². The van der Waals surface area contributed by atoms with Gasteiger partial charge in [0.15, 0.2) is 0 Å². The highest BCUT2D eigenvalue weighted by Gasteiger charge is 2.26. The summed E-state index contributed by atoms with van der Waals surface area (Å²) in [4.78, 5) is 20.6. The molecule has 1 atom stereocenters. The Labute approximate surface area is 118 Å². The van der Waals surface area contributed by atoms with Gasteiger partial charge in [0.25, 0.3) is 5.91 Å². The summed E-state index contributed by atoms with van der Waals surface area (Å²) < 4.78 is 0. The molecule has 0 fully saturated rings. The quantitative estimate of drug-likeness (QED) is 0.872. The Morgan fingerprint density at radius 2 is 2.15 bits per heavy atom. The van der Waals surface area contributed by atoms with Gasteiger partial charge in [-0.3, -0.25) is 14.8 Å².